The van der Waals surface area contributed by atoms with Gasteiger partial charge in [0.2, 0.25) is 0 Å². The molecule has 1 fully saturated rings. The number of carbonyl (C=O) groups excluding carboxylic acids is 1. The van der Waals surface area contributed by atoms with E-state index in [9.17, 15) is 18.3 Å². The minimum Gasteiger partial charge on any atom is -0.508 e. The Balaban J connectivity index is 1.90. The first-order valence-corrected chi connectivity index (χ1v) is 7.56. The van der Waals surface area contributed by atoms with Crippen molar-refractivity contribution in [3.8, 4) is 5.75 Å². The third-order valence-electron chi connectivity index (χ3n) is 2.99. The SMILES string of the molecule is O=C(NCC1CCS(=O)(=O)C1)c1cccc(O)c1. The Morgan fingerprint density at radius 1 is 1.44 bits per heavy atom. The van der Waals surface area contributed by atoms with Gasteiger partial charge in [-0.1, -0.05) is 6.07 Å². The predicted molar refractivity (Wildman–Crippen MR) is 67.2 cm³/mol. The lowest BCUT2D eigenvalue weighted by Crippen LogP contribution is -2.29. The van der Waals surface area contributed by atoms with Crippen LogP contribution in [0.15, 0.2) is 24.3 Å². The lowest BCUT2D eigenvalue weighted by molar-refractivity contribution is 0.0948. The van der Waals surface area contributed by atoms with E-state index in [1.165, 1.54) is 12.1 Å². The molecule has 1 aliphatic heterocycles. The van der Waals surface area contributed by atoms with E-state index < -0.39 is 9.84 Å². The molecule has 1 saturated heterocycles. The van der Waals surface area contributed by atoms with Gasteiger partial charge in [0.15, 0.2) is 9.84 Å². The van der Waals surface area contributed by atoms with Crippen molar-refractivity contribution in [2.24, 2.45) is 5.92 Å². The van der Waals surface area contributed by atoms with Crippen molar-refractivity contribution in [3.05, 3.63) is 29.8 Å². The molecule has 5 nitrogen and oxygen atoms in total. The molecule has 0 aliphatic carbocycles. The van der Waals surface area contributed by atoms with Crippen LogP contribution >= 0.6 is 0 Å². The first kappa shape index (κ1) is 12.9. The molecule has 1 amide bonds. The Morgan fingerprint density at radius 3 is 2.83 bits per heavy atom. The summed E-state index contributed by atoms with van der Waals surface area (Å²) in [6.45, 7) is 0.355. The van der Waals surface area contributed by atoms with Crippen LogP contribution in [-0.4, -0.2) is 37.5 Å². The number of phenols is 1. The van der Waals surface area contributed by atoms with Crippen molar-refractivity contribution >= 4 is 15.7 Å². The highest BCUT2D eigenvalue weighted by Gasteiger charge is 2.27. The maximum Gasteiger partial charge on any atom is 0.251 e. The maximum absolute atomic E-state index is 11.7. The molecule has 6 heteroatoms. The van der Waals surface area contributed by atoms with Crippen molar-refractivity contribution in [1.29, 1.82) is 0 Å². The van der Waals surface area contributed by atoms with Crippen molar-refractivity contribution in [2.45, 2.75) is 6.42 Å². The fourth-order valence-corrected chi connectivity index (χ4v) is 3.88. The molecule has 1 atom stereocenters. The number of hydrogen-bond acceptors (Lipinski definition) is 4. The van der Waals surface area contributed by atoms with Crippen LogP contribution in [-0.2, 0) is 9.84 Å². The summed E-state index contributed by atoms with van der Waals surface area (Å²) in [5.41, 5.74) is 0.371. The molecule has 1 aromatic carbocycles. The van der Waals surface area contributed by atoms with E-state index in [4.69, 9.17) is 0 Å². The summed E-state index contributed by atoms with van der Waals surface area (Å²) in [4.78, 5) is 11.7. The lowest BCUT2D eigenvalue weighted by Gasteiger charge is -2.09. The van der Waals surface area contributed by atoms with Gasteiger partial charge in [0, 0.05) is 12.1 Å². The van der Waals surface area contributed by atoms with E-state index in [-0.39, 0.29) is 29.1 Å². The van der Waals surface area contributed by atoms with Gasteiger partial charge in [-0.3, -0.25) is 4.79 Å². The van der Waals surface area contributed by atoms with Gasteiger partial charge in [0.05, 0.1) is 11.5 Å². The zero-order valence-corrected chi connectivity index (χ0v) is 10.6. The molecular formula is C12H15NO4S. The standard InChI is InChI=1S/C12H15NO4S/c14-11-3-1-2-10(6-11)12(15)13-7-9-4-5-18(16,17)8-9/h1-3,6,9,14H,4-5,7-8H2,(H,13,15). The maximum atomic E-state index is 11.7. The van der Waals surface area contributed by atoms with Crippen molar-refractivity contribution in [2.75, 3.05) is 18.1 Å². The number of benzene rings is 1. The number of phenolic OH excluding ortho intramolecular Hbond substituents is 1. The van der Waals surface area contributed by atoms with E-state index >= 15 is 0 Å². The Kier molecular flexibility index (Phi) is 3.56. The number of rotatable bonds is 3. The van der Waals surface area contributed by atoms with E-state index in [1.54, 1.807) is 12.1 Å². The summed E-state index contributed by atoms with van der Waals surface area (Å²) in [6.07, 6.45) is 0.600. The third-order valence-corrected chi connectivity index (χ3v) is 4.82. The molecule has 1 unspecified atom stereocenters. The Morgan fingerprint density at radius 2 is 2.22 bits per heavy atom. The summed E-state index contributed by atoms with van der Waals surface area (Å²) in [7, 11) is -2.91. The molecule has 98 valence electrons. The van der Waals surface area contributed by atoms with Crippen LogP contribution in [0.25, 0.3) is 0 Å². The highest BCUT2D eigenvalue weighted by Crippen LogP contribution is 2.17. The van der Waals surface area contributed by atoms with Gasteiger partial charge in [-0.05, 0) is 30.5 Å². The fourth-order valence-electron chi connectivity index (χ4n) is 2.02. The van der Waals surface area contributed by atoms with Crippen molar-refractivity contribution < 1.29 is 18.3 Å². The average molecular weight is 269 g/mol. The average Bonchev–Trinajstić information content (AvgIpc) is 2.66. The summed E-state index contributed by atoms with van der Waals surface area (Å²) < 4.78 is 22.5. The van der Waals surface area contributed by atoms with E-state index in [0.717, 1.165) is 0 Å². The van der Waals surface area contributed by atoms with Crippen LogP contribution in [0.4, 0.5) is 0 Å². The monoisotopic (exact) mass is 269 g/mol. The number of amides is 1. The molecule has 0 aromatic heterocycles. The van der Waals surface area contributed by atoms with Crippen LogP contribution in [0.1, 0.15) is 16.8 Å². The second-order valence-corrected chi connectivity index (χ2v) is 6.76. The van der Waals surface area contributed by atoms with Gasteiger partial charge in [-0.25, -0.2) is 8.42 Å². The summed E-state index contributed by atoms with van der Waals surface area (Å²) >= 11 is 0. The minimum atomic E-state index is -2.91. The van der Waals surface area contributed by atoms with Gasteiger partial charge in [0.1, 0.15) is 5.75 Å². The summed E-state index contributed by atoms with van der Waals surface area (Å²) in [5, 5.41) is 11.9. The van der Waals surface area contributed by atoms with Crippen LogP contribution in [0.2, 0.25) is 0 Å². The van der Waals surface area contributed by atoms with Crippen molar-refractivity contribution in [3.63, 3.8) is 0 Å². The molecule has 0 bridgehead atoms. The molecular weight excluding hydrogens is 254 g/mol. The highest BCUT2D eigenvalue weighted by molar-refractivity contribution is 7.91. The topological polar surface area (TPSA) is 83.5 Å². The fraction of sp³-hybridized carbons (Fsp3) is 0.417. The van der Waals surface area contributed by atoms with Crippen LogP contribution in [0.3, 0.4) is 0 Å². The number of sulfone groups is 1. The van der Waals surface area contributed by atoms with Gasteiger partial charge in [-0.2, -0.15) is 0 Å². The second kappa shape index (κ2) is 4.97. The van der Waals surface area contributed by atoms with E-state index in [0.29, 0.717) is 18.5 Å². The van der Waals surface area contributed by atoms with Gasteiger partial charge >= 0.3 is 0 Å². The molecule has 0 spiro atoms. The largest absolute Gasteiger partial charge is 0.508 e. The first-order valence-electron chi connectivity index (χ1n) is 5.74. The first-order chi connectivity index (χ1) is 8.46. The molecule has 1 heterocycles. The minimum absolute atomic E-state index is 0.00346. The van der Waals surface area contributed by atoms with E-state index in [1.807, 2.05) is 0 Å². The highest BCUT2D eigenvalue weighted by atomic mass is 32.2. The number of nitrogens with one attached hydrogen (secondary N) is 1. The zero-order chi connectivity index (χ0) is 13.2. The quantitative estimate of drug-likeness (QED) is 0.839. The van der Waals surface area contributed by atoms with Crippen LogP contribution in [0.5, 0.6) is 5.75 Å². The number of carbonyl (C=O) groups is 1. The molecule has 0 saturated carbocycles. The molecule has 2 rings (SSSR count). The Hall–Kier alpha value is -1.56. The van der Waals surface area contributed by atoms with Crippen LogP contribution < -0.4 is 5.32 Å². The zero-order valence-electron chi connectivity index (χ0n) is 9.80. The predicted octanol–water partition coefficient (Wildman–Crippen LogP) is 0.557. The summed E-state index contributed by atoms with van der Waals surface area (Å²) in [6, 6.07) is 6.05. The normalized spacial score (nSPS) is 21.7. The Bertz CT molecular complexity index is 553. The second-order valence-electron chi connectivity index (χ2n) is 4.53. The smallest absolute Gasteiger partial charge is 0.251 e. The van der Waals surface area contributed by atoms with Gasteiger partial charge in [0.25, 0.3) is 5.91 Å². The molecule has 1 aromatic rings. The van der Waals surface area contributed by atoms with Crippen LogP contribution in [0, 0.1) is 5.92 Å². The van der Waals surface area contributed by atoms with E-state index in [2.05, 4.69) is 5.32 Å². The Labute approximate surface area is 106 Å². The van der Waals surface area contributed by atoms with Crippen molar-refractivity contribution in [1.82, 2.24) is 5.32 Å². The third kappa shape index (κ3) is 3.22. The van der Waals surface area contributed by atoms with Gasteiger partial charge < -0.3 is 10.4 Å². The number of hydrogen-bond donors (Lipinski definition) is 2. The number of aromatic hydroxyl groups is 1. The molecule has 0 radical (unpaired) electrons. The van der Waals surface area contributed by atoms with Gasteiger partial charge in [-0.15, -0.1) is 0 Å². The molecule has 18 heavy (non-hydrogen) atoms. The molecule has 1 aliphatic rings. The molecule has 2 N–H and O–H groups in total. The lowest BCUT2D eigenvalue weighted by atomic mass is 10.1. The summed E-state index contributed by atoms with van der Waals surface area (Å²) in [5.74, 6) is 0.0880.